The van der Waals surface area contributed by atoms with Crippen molar-refractivity contribution >= 4 is 10.8 Å². The van der Waals surface area contributed by atoms with Crippen LogP contribution < -0.4 is 4.90 Å². The van der Waals surface area contributed by atoms with Crippen LogP contribution >= 0.6 is 0 Å². The van der Waals surface area contributed by atoms with E-state index in [1.807, 2.05) is 0 Å². The van der Waals surface area contributed by atoms with Crippen molar-refractivity contribution in [2.45, 2.75) is 58.4 Å². The number of ether oxygens (including phenoxy) is 1. The Morgan fingerprint density at radius 3 is 1.97 bits per heavy atom. The van der Waals surface area contributed by atoms with Crippen LogP contribution in [-0.4, -0.2) is 31.4 Å². The Kier molecular flexibility index (Phi) is 6.08. The van der Waals surface area contributed by atoms with Crippen LogP contribution in [0.25, 0.3) is 10.8 Å². The van der Waals surface area contributed by atoms with Gasteiger partial charge in [-0.05, 0) is 33.7 Å². The van der Waals surface area contributed by atoms with Gasteiger partial charge in [-0.2, -0.15) is 0 Å². The highest BCUT2D eigenvalue weighted by atomic mass is 16.5. The molecule has 3 nitrogen and oxygen atoms in total. The largest absolute Gasteiger partial charge is 0.507 e. The summed E-state index contributed by atoms with van der Waals surface area (Å²) in [6, 6.07) is 20.1. The standard InChI is InChI=1S/C29H37NO2/c1-28(2,3)24-18-21(19-25(27(24)31)29(4,5)6)26(30-14-16-32-17-15-30)23-13-9-11-20-10-7-8-12-22(20)23/h7-13,18-19,26,31H,14-17H2,1-6H3/p+1/t26-/m1/s1. The van der Waals surface area contributed by atoms with E-state index >= 15 is 0 Å². The molecule has 1 saturated heterocycles. The van der Waals surface area contributed by atoms with Crippen LogP contribution in [-0.2, 0) is 15.6 Å². The molecule has 0 unspecified atom stereocenters. The zero-order chi connectivity index (χ0) is 23.1. The van der Waals surface area contributed by atoms with Gasteiger partial charge in [0.2, 0.25) is 0 Å². The molecule has 3 heteroatoms. The number of aromatic hydroxyl groups is 1. The number of phenols is 1. The summed E-state index contributed by atoms with van der Waals surface area (Å²) in [5.74, 6) is 0.447. The SMILES string of the molecule is CC(C)(C)c1cc([C@H](c2cccc3ccccc23)[NH+]2CCOCC2)cc(C(C)(C)C)c1O. The van der Waals surface area contributed by atoms with Crippen molar-refractivity contribution in [3.05, 3.63) is 76.9 Å². The molecule has 1 atom stereocenters. The molecule has 1 heterocycles. The first kappa shape index (κ1) is 22.8. The van der Waals surface area contributed by atoms with Gasteiger partial charge in [-0.25, -0.2) is 0 Å². The first-order valence-corrected chi connectivity index (χ1v) is 11.9. The van der Waals surface area contributed by atoms with Gasteiger partial charge < -0.3 is 14.7 Å². The fraction of sp³-hybridized carbons (Fsp3) is 0.448. The van der Waals surface area contributed by atoms with E-state index in [-0.39, 0.29) is 16.9 Å². The van der Waals surface area contributed by atoms with Gasteiger partial charge in [-0.15, -0.1) is 0 Å². The van der Waals surface area contributed by atoms with E-state index in [4.69, 9.17) is 4.74 Å². The zero-order valence-electron chi connectivity index (χ0n) is 20.5. The summed E-state index contributed by atoms with van der Waals surface area (Å²) >= 11 is 0. The molecule has 1 aliphatic heterocycles. The van der Waals surface area contributed by atoms with Gasteiger partial charge in [0.15, 0.2) is 0 Å². The minimum atomic E-state index is -0.149. The molecule has 3 aromatic carbocycles. The third-order valence-corrected chi connectivity index (χ3v) is 6.76. The maximum absolute atomic E-state index is 11.3. The van der Waals surface area contributed by atoms with Gasteiger partial charge in [-0.1, -0.05) is 84.0 Å². The zero-order valence-corrected chi connectivity index (χ0v) is 20.5. The first-order valence-electron chi connectivity index (χ1n) is 11.9. The van der Waals surface area contributed by atoms with Crippen LogP contribution in [0.4, 0.5) is 0 Å². The van der Waals surface area contributed by atoms with E-state index in [0.29, 0.717) is 5.75 Å². The van der Waals surface area contributed by atoms with E-state index < -0.39 is 0 Å². The number of fused-ring (bicyclic) bond motifs is 1. The van der Waals surface area contributed by atoms with Gasteiger partial charge in [0, 0.05) is 22.3 Å². The van der Waals surface area contributed by atoms with Crippen molar-refractivity contribution in [3.8, 4) is 5.75 Å². The lowest BCUT2D eigenvalue weighted by atomic mass is 9.77. The Morgan fingerprint density at radius 2 is 1.38 bits per heavy atom. The second kappa shape index (κ2) is 8.53. The average molecular weight is 433 g/mol. The number of hydrogen-bond acceptors (Lipinski definition) is 2. The number of morpholine rings is 1. The second-order valence-electron chi connectivity index (χ2n) is 11.2. The summed E-state index contributed by atoms with van der Waals surface area (Å²) in [6.45, 7) is 16.6. The molecule has 3 aromatic rings. The third-order valence-electron chi connectivity index (χ3n) is 6.76. The molecule has 0 radical (unpaired) electrons. The normalized spacial score (nSPS) is 16.9. The molecule has 0 aliphatic carbocycles. The monoisotopic (exact) mass is 432 g/mol. The third kappa shape index (κ3) is 4.42. The van der Waals surface area contributed by atoms with Crippen LogP contribution in [0.2, 0.25) is 0 Å². The topological polar surface area (TPSA) is 33.9 Å². The Labute approximate surface area is 193 Å². The summed E-state index contributed by atoms with van der Waals surface area (Å²) in [6.07, 6.45) is 0. The molecule has 0 aromatic heterocycles. The number of hydrogen-bond donors (Lipinski definition) is 2. The van der Waals surface area contributed by atoms with Gasteiger partial charge in [0.1, 0.15) is 24.9 Å². The van der Waals surface area contributed by atoms with Crippen molar-refractivity contribution in [1.82, 2.24) is 0 Å². The van der Waals surface area contributed by atoms with Gasteiger partial charge >= 0.3 is 0 Å². The second-order valence-corrected chi connectivity index (χ2v) is 11.2. The molecule has 1 fully saturated rings. The smallest absolute Gasteiger partial charge is 0.140 e. The van der Waals surface area contributed by atoms with Crippen molar-refractivity contribution in [1.29, 1.82) is 0 Å². The molecular weight excluding hydrogens is 394 g/mol. The van der Waals surface area contributed by atoms with Gasteiger partial charge in [0.25, 0.3) is 0 Å². The lowest BCUT2D eigenvalue weighted by Gasteiger charge is -2.35. The molecular formula is C29H38NO2+. The molecule has 4 rings (SSSR count). The number of phenolic OH excluding ortho intramolecular Hbond substituents is 1. The average Bonchev–Trinajstić information content (AvgIpc) is 2.74. The molecule has 0 bridgehead atoms. The summed E-state index contributed by atoms with van der Waals surface area (Å²) in [5, 5.41) is 13.9. The van der Waals surface area contributed by atoms with Crippen LogP contribution in [0.1, 0.15) is 69.8 Å². The molecule has 0 amide bonds. The molecule has 170 valence electrons. The fourth-order valence-corrected chi connectivity index (χ4v) is 5.03. The number of benzene rings is 3. The van der Waals surface area contributed by atoms with Crippen LogP contribution in [0.5, 0.6) is 5.75 Å². The summed E-state index contributed by atoms with van der Waals surface area (Å²) in [5.41, 5.74) is 4.39. The number of quaternary nitrogens is 1. The maximum atomic E-state index is 11.3. The predicted molar refractivity (Wildman–Crippen MR) is 133 cm³/mol. The molecule has 32 heavy (non-hydrogen) atoms. The number of rotatable bonds is 3. The highest BCUT2D eigenvalue weighted by molar-refractivity contribution is 5.86. The molecule has 1 aliphatic rings. The quantitative estimate of drug-likeness (QED) is 0.601. The lowest BCUT2D eigenvalue weighted by Crippen LogP contribution is -3.14. The first-order chi connectivity index (χ1) is 15.1. The molecule has 0 saturated carbocycles. The van der Waals surface area contributed by atoms with Crippen LogP contribution in [0.3, 0.4) is 0 Å². The summed E-state index contributed by atoms with van der Waals surface area (Å²) in [7, 11) is 0. The van der Waals surface area contributed by atoms with Crippen molar-refractivity contribution in [2.24, 2.45) is 0 Å². The predicted octanol–water partition coefficient (Wildman–Crippen LogP) is 5.14. The van der Waals surface area contributed by atoms with Crippen molar-refractivity contribution in [3.63, 3.8) is 0 Å². The summed E-state index contributed by atoms with van der Waals surface area (Å²) in [4.78, 5) is 1.53. The van der Waals surface area contributed by atoms with Crippen molar-refractivity contribution in [2.75, 3.05) is 26.3 Å². The number of nitrogens with one attached hydrogen (secondary N) is 1. The summed E-state index contributed by atoms with van der Waals surface area (Å²) < 4.78 is 5.72. The highest BCUT2D eigenvalue weighted by Crippen LogP contribution is 2.41. The molecule has 0 spiro atoms. The maximum Gasteiger partial charge on any atom is 0.140 e. The minimum Gasteiger partial charge on any atom is -0.507 e. The lowest BCUT2D eigenvalue weighted by molar-refractivity contribution is -0.933. The van der Waals surface area contributed by atoms with Crippen LogP contribution in [0.15, 0.2) is 54.6 Å². The Morgan fingerprint density at radius 1 is 0.812 bits per heavy atom. The van der Waals surface area contributed by atoms with E-state index in [9.17, 15) is 5.11 Å². The van der Waals surface area contributed by atoms with E-state index in [0.717, 1.165) is 37.4 Å². The van der Waals surface area contributed by atoms with E-state index in [1.54, 1.807) is 0 Å². The Hall–Kier alpha value is -2.36. The Bertz CT molecular complexity index is 1060. The van der Waals surface area contributed by atoms with E-state index in [2.05, 4.69) is 96.1 Å². The Balaban J connectivity index is 2.00. The molecule has 2 N–H and O–H groups in total. The van der Waals surface area contributed by atoms with Gasteiger partial charge in [-0.3, -0.25) is 0 Å². The minimum absolute atomic E-state index is 0.149. The van der Waals surface area contributed by atoms with Gasteiger partial charge in [0.05, 0.1) is 13.2 Å². The fourth-order valence-electron chi connectivity index (χ4n) is 5.03. The van der Waals surface area contributed by atoms with Crippen LogP contribution in [0, 0.1) is 0 Å². The van der Waals surface area contributed by atoms with E-state index in [1.165, 1.54) is 26.8 Å². The van der Waals surface area contributed by atoms with Crippen molar-refractivity contribution < 1.29 is 14.7 Å². The highest BCUT2D eigenvalue weighted by Gasteiger charge is 2.34.